The SMILES string of the molecule is C=CCOC(C(F)F)C(F)(F)F. The van der Waals surface area contributed by atoms with Crippen LogP contribution in [0.25, 0.3) is 0 Å². The Morgan fingerprint density at radius 1 is 1.33 bits per heavy atom. The fourth-order valence-corrected chi connectivity index (χ4v) is 0.482. The smallest absolute Gasteiger partial charge is 0.359 e. The predicted octanol–water partition coefficient (Wildman–Crippen LogP) is 2.39. The highest BCUT2D eigenvalue weighted by atomic mass is 19.4. The summed E-state index contributed by atoms with van der Waals surface area (Å²) in [6, 6.07) is 0. The van der Waals surface area contributed by atoms with E-state index in [2.05, 4.69) is 11.3 Å². The van der Waals surface area contributed by atoms with Crippen molar-refractivity contribution in [1.29, 1.82) is 0 Å². The molecule has 0 saturated heterocycles. The van der Waals surface area contributed by atoms with Crippen LogP contribution in [0.3, 0.4) is 0 Å². The van der Waals surface area contributed by atoms with Gasteiger partial charge in [-0.25, -0.2) is 8.78 Å². The Morgan fingerprint density at radius 3 is 2.08 bits per heavy atom. The van der Waals surface area contributed by atoms with Crippen molar-refractivity contribution in [3.63, 3.8) is 0 Å². The lowest BCUT2D eigenvalue weighted by molar-refractivity contribution is -0.250. The van der Waals surface area contributed by atoms with Gasteiger partial charge in [0, 0.05) is 0 Å². The summed E-state index contributed by atoms with van der Waals surface area (Å²) in [5.74, 6) is 0. The molecule has 0 aliphatic carbocycles. The molecule has 1 unspecified atom stereocenters. The lowest BCUT2D eigenvalue weighted by atomic mass is 10.3. The van der Waals surface area contributed by atoms with E-state index in [1.165, 1.54) is 0 Å². The van der Waals surface area contributed by atoms with Crippen molar-refractivity contribution in [2.24, 2.45) is 0 Å². The quantitative estimate of drug-likeness (QED) is 0.488. The van der Waals surface area contributed by atoms with Crippen LogP contribution in [0, 0.1) is 0 Å². The Labute approximate surface area is 65.8 Å². The van der Waals surface area contributed by atoms with Gasteiger partial charge in [0.25, 0.3) is 6.43 Å². The van der Waals surface area contributed by atoms with Crippen LogP contribution in [0.5, 0.6) is 0 Å². The first kappa shape index (κ1) is 11.4. The van der Waals surface area contributed by atoms with E-state index in [4.69, 9.17) is 0 Å². The van der Waals surface area contributed by atoms with Gasteiger partial charge in [0.2, 0.25) is 6.10 Å². The first-order chi connectivity index (χ1) is 5.39. The second-order valence-electron chi connectivity index (χ2n) is 1.92. The van der Waals surface area contributed by atoms with E-state index in [0.717, 1.165) is 6.08 Å². The molecule has 6 heteroatoms. The summed E-state index contributed by atoms with van der Waals surface area (Å²) in [5, 5.41) is 0. The van der Waals surface area contributed by atoms with Gasteiger partial charge in [0.1, 0.15) is 0 Å². The lowest BCUT2D eigenvalue weighted by Crippen LogP contribution is -2.38. The van der Waals surface area contributed by atoms with Crippen LogP contribution < -0.4 is 0 Å². The second kappa shape index (κ2) is 4.39. The van der Waals surface area contributed by atoms with E-state index >= 15 is 0 Å². The first-order valence-corrected chi connectivity index (χ1v) is 2.97. The van der Waals surface area contributed by atoms with Gasteiger partial charge in [-0.05, 0) is 0 Å². The molecule has 0 radical (unpaired) electrons. The van der Waals surface area contributed by atoms with E-state index < -0.39 is 25.3 Å². The molecule has 0 aromatic rings. The first-order valence-electron chi connectivity index (χ1n) is 2.97. The van der Waals surface area contributed by atoms with Crippen molar-refractivity contribution in [1.82, 2.24) is 0 Å². The third-order valence-electron chi connectivity index (χ3n) is 0.945. The van der Waals surface area contributed by atoms with E-state index in [9.17, 15) is 22.0 Å². The molecule has 0 N–H and O–H groups in total. The van der Waals surface area contributed by atoms with Crippen molar-refractivity contribution in [2.45, 2.75) is 18.7 Å². The zero-order chi connectivity index (χ0) is 9.78. The van der Waals surface area contributed by atoms with Crippen LogP contribution in [0.4, 0.5) is 22.0 Å². The van der Waals surface area contributed by atoms with Gasteiger partial charge < -0.3 is 4.74 Å². The summed E-state index contributed by atoms with van der Waals surface area (Å²) in [4.78, 5) is 0. The van der Waals surface area contributed by atoms with Crippen molar-refractivity contribution in [2.75, 3.05) is 6.61 Å². The molecule has 0 aliphatic heterocycles. The van der Waals surface area contributed by atoms with Crippen molar-refractivity contribution in [3.05, 3.63) is 12.7 Å². The molecule has 12 heavy (non-hydrogen) atoms. The van der Waals surface area contributed by atoms with Gasteiger partial charge in [0.15, 0.2) is 0 Å². The number of hydrogen-bond donors (Lipinski definition) is 0. The number of alkyl halides is 5. The Bertz CT molecular complexity index is 141. The van der Waals surface area contributed by atoms with Crippen LogP contribution in [-0.4, -0.2) is 25.3 Å². The molecule has 0 bridgehead atoms. The summed E-state index contributed by atoms with van der Waals surface area (Å²) >= 11 is 0. The summed E-state index contributed by atoms with van der Waals surface area (Å²) in [6.45, 7) is 2.49. The van der Waals surface area contributed by atoms with E-state index in [-0.39, 0.29) is 0 Å². The molecule has 72 valence electrons. The molecule has 0 aromatic heterocycles. The van der Waals surface area contributed by atoms with Gasteiger partial charge in [-0.1, -0.05) is 6.08 Å². The molecule has 0 spiro atoms. The van der Waals surface area contributed by atoms with Gasteiger partial charge >= 0.3 is 6.18 Å². The average molecular weight is 190 g/mol. The molecule has 0 amide bonds. The number of halogens is 5. The number of ether oxygens (including phenoxy) is 1. The normalized spacial score (nSPS) is 14.8. The minimum Gasteiger partial charge on any atom is -0.359 e. The van der Waals surface area contributed by atoms with Gasteiger partial charge in [-0.2, -0.15) is 13.2 Å². The van der Waals surface area contributed by atoms with E-state index in [0.29, 0.717) is 0 Å². The molecule has 0 rings (SSSR count). The Hall–Kier alpha value is -0.650. The molecule has 1 atom stereocenters. The minimum atomic E-state index is -5.03. The number of rotatable bonds is 4. The highest BCUT2D eigenvalue weighted by molar-refractivity contribution is 4.73. The Morgan fingerprint density at radius 2 is 1.83 bits per heavy atom. The summed E-state index contributed by atoms with van der Waals surface area (Å²) in [7, 11) is 0. The highest BCUT2D eigenvalue weighted by Crippen LogP contribution is 2.27. The van der Waals surface area contributed by atoms with Crippen LogP contribution in [0.2, 0.25) is 0 Å². The molecule has 0 saturated carbocycles. The van der Waals surface area contributed by atoms with Crippen LogP contribution in [0.15, 0.2) is 12.7 Å². The molecule has 0 heterocycles. The Balaban J connectivity index is 4.14. The summed E-state index contributed by atoms with van der Waals surface area (Å²) in [6.07, 6.45) is -10.6. The maximum Gasteiger partial charge on any atom is 0.420 e. The van der Waals surface area contributed by atoms with Crippen molar-refractivity contribution < 1.29 is 26.7 Å². The fraction of sp³-hybridized carbons (Fsp3) is 0.667. The monoisotopic (exact) mass is 190 g/mol. The van der Waals surface area contributed by atoms with Crippen LogP contribution in [-0.2, 0) is 4.74 Å². The van der Waals surface area contributed by atoms with Crippen molar-refractivity contribution in [3.8, 4) is 0 Å². The Kier molecular flexibility index (Phi) is 4.16. The average Bonchev–Trinajstić information content (AvgIpc) is 1.84. The molecule has 1 nitrogen and oxygen atoms in total. The third-order valence-corrected chi connectivity index (χ3v) is 0.945. The minimum absolute atomic E-state index is 0.547. The van der Waals surface area contributed by atoms with E-state index in [1.807, 2.05) is 0 Å². The standard InChI is InChI=1S/C6H7F5O/c1-2-3-12-4(5(7)8)6(9,10)11/h2,4-5H,1,3H2. The second-order valence-corrected chi connectivity index (χ2v) is 1.92. The highest BCUT2D eigenvalue weighted by Gasteiger charge is 2.46. The predicted molar refractivity (Wildman–Crippen MR) is 32.0 cm³/mol. The van der Waals surface area contributed by atoms with Gasteiger partial charge in [-0.3, -0.25) is 0 Å². The molecular weight excluding hydrogens is 183 g/mol. The molecular formula is C6H7F5O. The fourth-order valence-electron chi connectivity index (χ4n) is 0.482. The zero-order valence-electron chi connectivity index (χ0n) is 5.94. The van der Waals surface area contributed by atoms with Crippen molar-refractivity contribution >= 4 is 0 Å². The maximum atomic E-state index is 11.7. The van der Waals surface area contributed by atoms with Gasteiger partial charge in [-0.15, -0.1) is 6.58 Å². The molecule has 0 aromatic carbocycles. The lowest BCUT2D eigenvalue weighted by Gasteiger charge is -2.18. The van der Waals surface area contributed by atoms with Crippen LogP contribution in [0.1, 0.15) is 0 Å². The summed E-state index contributed by atoms with van der Waals surface area (Å²) < 4.78 is 62.1. The maximum absolute atomic E-state index is 11.7. The van der Waals surface area contributed by atoms with Crippen LogP contribution >= 0.6 is 0 Å². The van der Waals surface area contributed by atoms with Gasteiger partial charge in [0.05, 0.1) is 6.61 Å². The summed E-state index contributed by atoms with van der Waals surface area (Å²) in [5.41, 5.74) is 0. The van der Waals surface area contributed by atoms with E-state index in [1.54, 1.807) is 0 Å². The topological polar surface area (TPSA) is 9.23 Å². The third kappa shape index (κ3) is 3.66. The largest absolute Gasteiger partial charge is 0.420 e. The number of hydrogen-bond acceptors (Lipinski definition) is 1. The molecule has 0 fully saturated rings. The molecule has 0 aliphatic rings. The zero-order valence-corrected chi connectivity index (χ0v) is 5.94.